The normalized spacial score (nSPS) is 10.7. The number of carbonyl (C=O) groups excluding carboxylic acids is 1. The highest BCUT2D eigenvalue weighted by Crippen LogP contribution is 2.21. The molecule has 3 rings (SSSR count). The molecule has 0 fully saturated rings. The quantitative estimate of drug-likeness (QED) is 0.691. The molecule has 1 amide bonds. The highest BCUT2D eigenvalue weighted by atomic mass is 19.1. The van der Waals surface area contributed by atoms with Gasteiger partial charge in [0.2, 0.25) is 0 Å². The molecule has 0 aliphatic rings. The Morgan fingerprint density at radius 1 is 1.12 bits per heavy atom. The van der Waals surface area contributed by atoms with Gasteiger partial charge in [-0.15, -0.1) is 0 Å². The zero-order chi connectivity index (χ0) is 18.5. The van der Waals surface area contributed by atoms with E-state index in [0.717, 1.165) is 29.2 Å². The van der Waals surface area contributed by atoms with Crippen LogP contribution in [0.25, 0.3) is 11.1 Å². The molecule has 0 spiro atoms. The minimum Gasteiger partial charge on any atom is -0.352 e. The summed E-state index contributed by atoms with van der Waals surface area (Å²) in [5, 5.41) is 7.21. The van der Waals surface area contributed by atoms with Crippen LogP contribution in [0, 0.1) is 19.7 Å². The summed E-state index contributed by atoms with van der Waals surface area (Å²) in [6, 6.07) is 13.5. The summed E-state index contributed by atoms with van der Waals surface area (Å²) < 4.78 is 15.2. The molecule has 0 saturated heterocycles. The molecule has 1 aromatic heterocycles. The van der Waals surface area contributed by atoms with Crippen LogP contribution in [0.15, 0.2) is 48.5 Å². The van der Waals surface area contributed by atoms with Gasteiger partial charge in [-0.3, -0.25) is 9.48 Å². The molecule has 6 heteroatoms. The third-order valence-corrected chi connectivity index (χ3v) is 4.08. The van der Waals surface area contributed by atoms with Crippen LogP contribution < -0.4 is 5.32 Å². The maximum Gasteiger partial charge on any atom is 0.251 e. The van der Waals surface area contributed by atoms with E-state index in [1.54, 1.807) is 24.3 Å². The lowest BCUT2D eigenvalue weighted by molar-refractivity contribution is 0.0952. The number of nitrogens with zero attached hydrogens (tertiary/aromatic N) is 3. The van der Waals surface area contributed by atoms with Crippen molar-refractivity contribution in [2.75, 3.05) is 6.54 Å². The number of amides is 1. The van der Waals surface area contributed by atoms with Gasteiger partial charge in [0, 0.05) is 18.7 Å². The van der Waals surface area contributed by atoms with Crippen molar-refractivity contribution in [3.63, 3.8) is 0 Å². The number of benzene rings is 2. The summed E-state index contributed by atoms with van der Waals surface area (Å²) >= 11 is 0. The smallest absolute Gasteiger partial charge is 0.251 e. The van der Waals surface area contributed by atoms with Crippen LogP contribution in [0.1, 0.15) is 28.4 Å². The van der Waals surface area contributed by atoms with Crippen molar-refractivity contribution in [2.24, 2.45) is 0 Å². The maximum absolute atomic E-state index is 13.4. The number of nitrogens with one attached hydrogen (secondary N) is 1. The molecular weight excluding hydrogens is 331 g/mol. The lowest BCUT2D eigenvalue weighted by Crippen LogP contribution is -2.25. The molecule has 1 heterocycles. The average Bonchev–Trinajstić information content (AvgIpc) is 2.96. The minimum absolute atomic E-state index is 0.144. The summed E-state index contributed by atoms with van der Waals surface area (Å²) in [4.78, 5) is 16.6. The van der Waals surface area contributed by atoms with Crippen LogP contribution in [0.2, 0.25) is 0 Å². The first-order valence-electron chi connectivity index (χ1n) is 8.55. The van der Waals surface area contributed by atoms with E-state index < -0.39 is 0 Å². The molecule has 0 atom stereocenters. The monoisotopic (exact) mass is 352 g/mol. The number of hydrogen-bond acceptors (Lipinski definition) is 3. The maximum atomic E-state index is 13.4. The Bertz CT molecular complexity index is 920. The molecule has 2 aromatic carbocycles. The van der Waals surface area contributed by atoms with E-state index in [0.29, 0.717) is 18.7 Å². The number of aromatic nitrogens is 3. The van der Waals surface area contributed by atoms with E-state index in [-0.39, 0.29) is 11.7 Å². The Morgan fingerprint density at radius 3 is 2.54 bits per heavy atom. The fraction of sp³-hybridized carbons (Fsp3) is 0.250. The fourth-order valence-corrected chi connectivity index (χ4v) is 2.81. The molecule has 0 aliphatic heterocycles. The molecule has 134 valence electrons. The molecule has 3 aromatic rings. The number of aryl methyl sites for hydroxylation is 3. The van der Waals surface area contributed by atoms with E-state index >= 15 is 0 Å². The summed E-state index contributed by atoms with van der Waals surface area (Å²) in [6.45, 7) is 5.02. The summed E-state index contributed by atoms with van der Waals surface area (Å²) in [7, 11) is 0. The van der Waals surface area contributed by atoms with Crippen molar-refractivity contribution < 1.29 is 9.18 Å². The number of rotatable bonds is 6. The predicted octanol–water partition coefficient (Wildman–Crippen LogP) is 3.52. The Balaban J connectivity index is 1.58. The molecule has 5 nitrogen and oxygen atoms in total. The highest BCUT2D eigenvalue weighted by Gasteiger charge is 2.08. The predicted molar refractivity (Wildman–Crippen MR) is 98.3 cm³/mol. The van der Waals surface area contributed by atoms with Gasteiger partial charge in [0.15, 0.2) is 0 Å². The van der Waals surface area contributed by atoms with Crippen LogP contribution in [-0.2, 0) is 6.54 Å². The Hall–Kier alpha value is -3.02. The molecule has 1 N–H and O–H groups in total. The lowest BCUT2D eigenvalue weighted by Gasteiger charge is -2.08. The molecular formula is C20H21FN4O. The van der Waals surface area contributed by atoms with Gasteiger partial charge in [0.1, 0.15) is 17.5 Å². The third kappa shape index (κ3) is 4.33. The van der Waals surface area contributed by atoms with Crippen LogP contribution in [0.4, 0.5) is 4.39 Å². The van der Waals surface area contributed by atoms with Crippen molar-refractivity contribution in [1.29, 1.82) is 0 Å². The van der Waals surface area contributed by atoms with Gasteiger partial charge >= 0.3 is 0 Å². The topological polar surface area (TPSA) is 59.8 Å². The molecule has 26 heavy (non-hydrogen) atoms. The third-order valence-electron chi connectivity index (χ3n) is 4.08. The zero-order valence-electron chi connectivity index (χ0n) is 14.9. The second-order valence-electron chi connectivity index (χ2n) is 6.13. The molecule has 0 unspecified atom stereocenters. The molecule has 0 saturated carbocycles. The SMILES string of the molecule is Cc1nc(C)n(CCCNC(=O)c2cccc(-c3cccc(F)c3)c2)n1. The van der Waals surface area contributed by atoms with Gasteiger partial charge in [-0.05, 0) is 55.7 Å². The van der Waals surface area contributed by atoms with E-state index in [1.807, 2.05) is 30.7 Å². The largest absolute Gasteiger partial charge is 0.352 e. The molecule has 0 bridgehead atoms. The first kappa shape index (κ1) is 17.8. The van der Waals surface area contributed by atoms with Gasteiger partial charge in [-0.25, -0.2) is 9.37 Å². The fourth-order valence-electron chi connectivity index (χ4n) is 2.81. The number of halogens is 1. The Morgan fingerprint density at radius 2 is 1.85 bits per heavy atom. The molecule has 0 aliphatic carbocycles. The standard InChI is InChI=1S/C20H21FN4O/c1-14-23-15(2)25(24-14)11-5-10-22-20(26)18-8-3-6-16(12-18)17-7-4-9-19(21)13-17/h3-4,6-9,12-13H,5,10-11H2,1-2H3,(H,22,26). The summed E-state index contributed by atoms with van der Waals surface area (Å²) in [5.74, 6) is 1.18. The first-order chi connectivity index (χ1) is 12.5. The van der Waals surface area contributed by atoms with Crippen LogP contribution in [0.5, 0.6) is 0 Å². The minimum atomic E-state index is -0.295. The second kappa shape index (κ2) is 7.91. The van der Waals surface area contributed by atoms with Crippen LogP contribution >= 0.6 is 0 Å². The Kier molecular flexibility index (Phi) is 5.41. The highest BCUT2D eigenvalue weighted by molar-refractivity contribution is 5.95. The van der Waals surface area contributed by atoms with E-state index in [2.05, 4.69) is 15.4 Å². The van der Waals surface area contributed by atoms with Crippen molar-refractivity contribution in [2.45, 2.75) is 26.8 Å². The van der Waals surface area contributed by atoms with E-state index in [1.165, 1.54) is 12.1 Å². The lowest BCUT2D eigenvalue weighted by atomic mass is 10.0. The van der Waals surface area contributed by atoms with Gasteiger partial charge in [0.05, 0.1) is 0 Å². The van der Waals surface area contributed by atoms with Gasteiger partial charge in [-0.1, -0.05) is 24.3 Å². The zero-order valence-corrected chi connectivity index (χ0v) is 14.9. The van der Waals surface area contributed by atoms with Crippen molar-refractivity contribution >= 4 is 5.91 Å². The van der Waals surface area contributed by atoms with Crippen molar-refractivity contribution in [3.05, 3.63) is 71.6 Å². The summed E-state index contributed by atoms with van der Waals surface area (Å²) in [5.41, 5.74) is 2.11. The van der Waals surface area contributed by atoms with Crippen molar-refractivity contribution in [3.8, 4) is 11.1 Å². The average molecular weight is 352 g/mol. The van der Waals surface area contributed by atoms with Gasteiger partial charge in [-0.2, -0.15) is 5.10 Å². The molecule has 0 radical (unpaired) electrons. The Labute approximate surface area is 151 Å². The van der Waals surface area contributed by atoms with Crippen molar-refractivity contribution in [1.82, 2.24) is 20.1 Å². The number of hydrogen-bond donors (Lipinski definition) is 1. The van der Waals surface area contributed by atoms with E-state index in [4.69, 9.17) is 0 Å². The first-order valence-corrected chi connectivity index (χ1v) is 8.55. The van der Waals surface area contributed by atoms with Gasteiger partial charge in [0.25, 0.3) is 5.91 Å². The summed E-state index contributed by atoms with van der Waals surface area (Å²) in [6.07, 6.45) is 0.763. The van der Waals surface area contributed by atoms with E-state index in [9.17, 15) is 9.18 Å². The van der Waals surface area contributed by atoms with Crippen LogP contribution in [-0.4, -0.2) is 27.2 Å². The van der Waals surface area contributed by atoms with Gasteiger partial charge < -0.3 is 5.32 Å². The van der Waals surface area contributed by atoms with Crippen LogP contribution in [0.3, 0.4) is 0 Å². The number of carbonyl (C=O) groups is 1. The second-order valence-corrected chi connectivity index (χ2v) is 6.13.